The Balaban J connectivity index is 1.96. The average molecular weight is 256 g/mol. The van der Waals surface area contributed by atoms with E-state index in [1.807, 2.05) is 18.3 Å². The lowest BCUT2D eigenvalue weighted by atomic mass is 10.0. The SMILES string of the molecule is COc1ccc(CN[C@@H](C)c2ccccc2C)cn1. The largest absolute Gasteiger partial charge is 0.481 e. The van der Waals surface area contributed by atoms with E-state index in [0.717, 1.165) is 12.1 Å². The van der Waals surface area contributed by atoms with Crippen LogP contribution in [0.3, 0.4) is 0 Å². The van der Waals surface area contributed by atoms with Crippen molar-refractivity contribution < 1.29 is 4.74 Å². The molecular weight excluding hydrogens is 236 g/mol. The standard InChI is InChI=1S/C16H20N2O/c1-12-6-4-5-7-15(12)13(2)17-10-14-8-9-16(19-3)18-11-14/h4-9,11,13,17H,10H2,1-3H3/t13-/m0/s1. The molecule has 0 saturated heterocycles. The third kappa shape index (κ3) is 3.55. The second-order valence-electron chi connectivity index (χ2n) is 4.67. The molecule has 0 fully saturated rings. The predicted octanol–water partition coefficient (Wildman–Crippen LogP) is 3.25. The molecule has 0 aliphatic carbocycles. The van der Waals surface area contributed by atoms with Gasteiger partial charge in [-0.25, -0.2) is 4.98 Å². The maximum Gasteiger partial charge on any atom is 0.212 e. The van der Waals surface area contributed by atoms with Crippen LogP contribution in [0.5, 0.6) is 5.88 Å². The van der Waals surface area contributed by atoms with E-state index in [9.17, 15) is 0 Å². The Morgan fingerprint density at radius 3 is 2.63 bits per heavy atom. The first-order chi connectivity index (χ1) is 9.20. The summed E-state index contributed by atoms with van der Waals surface area (Å²) in [5.74, 6) is 0.649. The molecule has 0 unspecified atom stereocenters. The molecule has 0 amide bonds. The molecule has 2 rings (SSSR count). The molecule has 2 aromatic rings. The van der Waals surface area contributed by atoms with E-state index >= 15 is 0 Å². The van der Waals surface area contributed by atoms with Crippen molar-refractivity contribution in [3.63, 3.8) is 0 Å². The van der Waals surface area contributed by atoms with Gasteiger partial charge in [0.1, 0.15) is 0 Å². The van der Waals surface area contributed by atoms with E-state index in [2.05, 4.69) is 48.4 Å². The molecular formula is C16H20N2O. The van der Waals surface area contributed by atoms with E-state index in [1.54, 1.807) is 7.11 Å². The molecule has 0 spiro atoms. The van der Waals surface area contributed by atoms with Gasteiger partial charge in [0.25, 0.3) is 0 Å². The zero-order valence-corrected chi connectivity index (χ0v) is 11.7. The van der Waals surface area contributed by atoms with Crippen LogP contribution in [0.2, 0.25) is 0 Å². The summed E-state index contributed by atoms with van der Waals surface area (Å²) >= 11 is 0. The number of hydrogen-bond donors (Lipinski definition) is 1. The number of nitrogens with one attached hydrogen (secondary N) is 1. The lowest BCUT2D eigenvalue weighted by Gasteiger charge is -2.16. The van der Waals surface area contributed by atoms with Crippen molar-refractivity contribution in [2.24, 2.45) is 0 Å². The number of methoxy groups -OCH3 is 1. The van der Waals surface area contributed by atoms with Crippen LogP contribution < -0.4 is 10.1 Å². The summed E-state index contributed by atoms with van der Waals surface area (Å²) in [7, 11) is 1.63. The highest BCUT2D eigenvalue weighted by molar-refractivity contribution is 5.28. The van der Waals surface area contributed by atoms with Gasteiger partial charge < -0.3 is 10.1 Å². The molecule has 1 atom stereocenters. The van der Waals surface area contributed by atoms with Gasteiger partial charge in [-0.15, -0.1) is 0 Å². The van der Waals surface area contributed by atoms with Gasteiger partial charge in [-0.3, -0.25) is 0 Å². The molecule has 0 aliphatic rings. The van der Waals surface area contributed by atoms with Crippen LogP contribution in [0.4, 0.5) is 0 Å². The number of aryl methyl sites for hydroxylation is 1. The van der Waals surface area contributed by atoms with Crippen molar-refractivity contribution >= 4 is 0 Å². The molecule has 1 heterocycles. The van der Waals surface area contributed by atoms with Gasteiger partial charge in [0.15, 0.2) is 0 Å². The van der Waals surface area contributed by atoms with Crippen LogP contribution in [-0.4, -0.2) is 12.1 Å². The van der Waals surface area contributed by atoms with Crippen LogP contribution in [0.15, 0.2) is 42.6 Å². The van der Waals surface area contributed by atoms with Gasteiger partial charge in [0.2, 0.25) is 5.88 Å². The Morgan fingerprint density at radius 2 is 2.00 bits per heavy atom. The number of aromatic nitrogens is 1. The number of rotatable bonds is 5. The van der Waals surface area contributed by atoms with Crippen LogP contribution in [0.25, 0.3) is 0 Å². The van der Waals surface area contributed by atoms with Gasteiger partial charge in [-0.1, -0.05) is 30.3 Å². The normalized spacial score (nSPS) is 12.2. The number of ether oxygens (including phenoxy) is 1. The Morgan fingerprint density at radius 1 is 1.21 bits per heavy atom. The molecule has 0 bridgehead atoms. The lowest BCUT2D eigenvalue weighted by Crippen LogP contribution is -2.18. The smallest absolute Gasteiger partial charge is 0.212 e. The molecule has 1 aromatic carbocycles. The summed E-state index contributed by atoms with van der Waals surface area (Å²) in [5.41, 5.74) is 3.81. The predicted molar refractivity (Wildman–Crippen MR) is 77.2 cm³/mol. The summed E-state index contributed by atoms with van der Waals surface area (Å²) in [6, 6.07) is 12.7. The summed E-state index contributed by atoms with van der Waals surface area (Å²) < 4.78 is 5.05. The topological polar surface area (TPSA) is 34.1 Å². The van der Waals surface area contributed by atoms with Crippen LogP contribution in [0, 0.1) is 6.92 Å². The molecule has 1 aromatic heterocycles. The molecule has 1 N–H and O–H groups in total. The van der Waals surface area contributed by atoms with Crippen LogP contribution >= 0.6 is 0 Å². The maximum absolute atomic E-state index is 5.05. The first-order valence-corrected chi connectivity index (χ1v) is 6.48. The summed E-state index contributed by atoms with van der Waals surface area (Å²) in [4.78, 5) is 4.20. The minimum absolute atomic E-state index is 0.323. The fraction of sp³-hybridized carbons (Fsp3) is 0.312. The van der Waals surface area contributed by atoms with E-state index in [0.29, 0.717) is 11.9 Å². The van der Waals surface area contributed by atoms with Crippen molar-refractivity contribution in [2.45, 2.75) is 26.4 Å². The second-order valence-corrected chi connectivity index (χ2v) is 4.67. The average Bonchev–Trinajstić information content (AvgIpc) is 2.46. The van der Waals surface area contributed by atoms with Crippen molar-refractivity contribution in [3.8, 4) is 5.88 Å². The number of pyridine rings is 1. The number of nitrogens with zero attached hydrogens (tertiary/aromatic N) is 1. The van der Waals surface area contributed by atoms with E-state index in [4.69, 9.17) is 4.74 Å². The Labute approximate surface area is 114 Å². The van der Waals surface area contributed by atoms with Gasteiger partial charge in [-0.05, 0) is 30.5 Å². The Bertz CT molecular complexity index is 523. The summed E-state index contributed by atoms with van der Waals surface area (Å²) in [6.07, 6.45) is 1.84. The van der Waals surface area contributed by atoms with Crippen molar-refractivity contribution in [2.75, 3.05) is 7.11 Å². The minimum Gasteiger partial charge on any atom is -0.481 e. The van der Waals surface area contributed by atoms with Crippen LogP contribution in [0.1, 0.15) is 29.7 Å². The third-order valence-corrected chi connectivity index (χ3v) is 3.27. The highest BCUT2D eigenvalue weighted by atomic mass is 16.5. The Hall–Kier alpha value is -1.87. The molecule has 19 heavy (non-hydrogen) atoms. The van der Waals surface area contributed by atoms with Crippen molar-refractivity contribution in [3.05, 3.63) is 59.3 Å². The van der Waals surface area contributed by atoms with E-state index < -0.39 is 0 Å². The fourth-order valence-electron chi connectivity index (χ4n) is 2.09. The fourth-order valence-corrected chi connectivity index (χ4v) is 2.09. The van der Waals surface area contributed by atoms with Crippen LogP contribution in [-0.2, 0) is 6.54 Å². The van der Waals surface area contributed by atoms with E-state index in [1.165, 1.54) is 11.1 Å². The highest BCUT2D eigenvalue weighted by Crippen LogP contribution is 2.17. The van der Waals surface area contributed by atoms with E-state index in [-0.39, 0.29) is 0 Å². The lowest BCUT2D eigenvalue weighted by molar-refractivity contribution is 0.397. The monoisotopic (exact) mass is 256 g/mol. The number of hydrogen-bond acceptors (Lipinski definition) is 3. The molecule has 100 valence electrons. The third-order valence-electron chi connectivity index (χ3n) is 3.27. The molecule has 0 aliphatic heterocycles. The zero-order valence-electron chi connectivity index (χ0n) is 11.7. The van der Waals surface area contributed by atoms with Gasteiger partial charge >= 0.3 is 0 Å². The van der Waals surface area contributed by atoms with Gasteiger partial charge in [0, 0.05) is 24.8 Å². The zero-order chi connectivity index (χ0) is 13.7. The van der Waals surface area contributed by atoms with Gasteiger partial charge in [0.05, 0.1) is 7.11 Å². The maximum atomic E-state index is 5.05. The summed E-state index contributed by atoms with van der Waals surface area (Å²) in [5, 5.41) is 3.51. The first kappa shape index (κ1) is 13.6. The molecule has 3 heteroatoms. The minimum atomic E-state index is 0.323. The van der Waals surface area contributed by atoms with Gasteiger partial charge in [-0.2, -0.15) is 0 Å². The molecule has 0 saturated carbocycles. The number of benzene rings is 1. The summed E-state index contributed by atoms with van der Waals surface area (Å²) in [6.45, 7) is 5.12. The second kappa shape index (κ2) is 6.34. The first-order valence-electron chi connectivity index (χ1n) is 6.48. The van der Waals surface area contributed by atoms with Crippen molar-refractivity contribution in [1.29, 1.82) is 0 Å². The van der Waals surface area contributed by atoms with Crippen molar-refractivity contribution in [1.82, 2.24) is 10.3 Å². The molecule has 0 radical (unpaired) electrons. The molecule has 3 nitrogen and oxygen atoms in total. The highest BCUT2D eigenvalue weighted by Gasteiger charge is 2.07. The quantitative estimate of drug-likeness (QED) is 0.891. The Kier molecular flexibility index (Phi) is 4.53.